The first-order chi connectivity index (χ1) is 8.90. The molecule has 1 rings (SSSR count). The van der Waals surface area contributed by atoms with Crippen molar-refractivity contribution in [1.82, 2.24) is 0 Å². The highest BCUT2D eigenvalue weighted by molar-refractivity contribution is 5.76. The first-order valence-electron chi connectivity index (χ1n) is 6.24. The van der Waals surface area contributed by atoms with Crippen LogP contribution in [-0.4, -0.2) is 18.7 Å². The van der Waals surface area contributed by atoms with Crippen LogP contribution in [0.2, 0.25) is 0 Å². The standard InChI is InChI=1S/C14H18F2O3/c1-4-10(3)11-6-8-12(9-7-11)19-14(15,16)13(17)18-5-2/h6-10H,4-5H2,1-3H3. The van der Waals surface area contributed by atoms with Crippen LogP contribution >= 0.6 is 0 Å². The molecule has 0 heterocycles. The number of halogens is 2. The van der Waals surface area contributed by atoms with E-state index in [0.29, 0.717) is 5.92 Å². The summed E-state index contributed by atoms with van der Waals surface area (Å²) in [4.78, 5) is 11.0. The van der Waals surface area contributed by atoms with Crippen molar-refractivity contribution in [2.75, 3.05) is 6.61 Å². The summed E-state index contributed by atoms with van der Waals surface area (Å²) in [6, 6.07) is 6.28. The lowest BCUT2D eigenvalue weighted by molar-refractivity contribution is -0.216. The Morgan fingerprint density at radius 2 is 1.84 bits per heavy atom. The van der Waals surface area contributed by atoms with Gasteiger partial charge in [0.15, 0.2) is 0 Å². The third kappa shape index (κ3) is 4.19. The van der Waals surface area contributed by atoms with Crippen LogP contribution in [0, 0.1) is 0 Å². The molecule has 3 nitrogen and oxygen atoms in total. The summed E-state index contributed by atoms with van der Waals surface area (Å²) in [6.07, 6.45) is -3.01. The molecule has 5 heteroatoms. The molecule has 0 aliphatic heterocycles. The maximum absolute atomic E-state index is 13.3. The quantitative estimate of drug-likeness (QED) is 0.740. The van der Waals surface area contributed by atoms with Crippen molar-refractivity contribution in [2.24, 2.45) is 0 Å². The zero-order valence-electron chi connectivity index (χ0n) is 11.3. The minimum absolute atomic E-state index is 0.0647. The van der Waals surface area contributed by atoms with Crippen molar-refractivity contribution in [3.05, 3.63) is 29.8 Å². The van der Waals surface area contributed by atoms with Gasteiger partial charge in [-0.05, 0) is 37.0 Å². The van der Waals surface area contributed by atoms with Gasteiger partial charge in [0.2, 0.25) is 0 Å². The van der Waals surface area contributed by atoms with Gasteiger partial charge in [-0.1, -0.05) is 26.0 Å². The van der Waals surface area contributed by atoms with Gasteiger partial charge in [-0.3, -0.25) is 0 Å². The lowest BCUT2D eigenvalue weighted by Gasteiger charge is -2.16. The average Bonchev–Trinajstić information content (AvgIpc) is 2.38. The summed E-state index contributed by atoms with van der Waals surface area (Å²) in [5, 5.41) is 0. The van der Waals surface area contributed by atoms with Gasteiger partial charge in [-0.15, -0.1) is 0 Å². The Morgan fingerprint density at radius 3 is 2.32 bits per heavy atom. The van der Waals surface area contributed by atoms with Crippen molar-refractivity contribution in [1.29, 1.82) is 0 Å². The number of hydrogen-bond acceptors (Lipinski definition) is 3. The molecule has 0 saturated heterocycles. The number of alkyl halides is 2. The van der Waals surface area contributed by atoms with Crippen LogP contribution in [0.4, 0.5) is 8.78 Å². The van der Waals surface area contributed by atoms with Gasteiger partial charge in [-0.2, -0.15) is 8.78 Å². The molecule has 0 aliphatic rings. The molecule has 0 radical (unpaired) electrons. The summed E-state index contributed by atoms with van der Waals surface area (Å²) in [6.45, 7) is 5.42. The number of ether oxygens (including phenoxy) is 2. The fraction of sp³-hybridized carbons (Fsp3) is 0.500. The molecule has 0 amide bonds. The van der Waals surface area contributed by atoms with E-state index >= 15 is 0 Å². The number of rotatable bonds is 6. The summed E-state index contributed by atoms with van der Waals surface area (Å²) in [5.74, 6) is -1.40. The van der Waals surface area contributed by atoms with Crippen molar-refractivity contribution < 1.29 is 23.0 Å². The van der Waals surface area contributed by atoms with E-state index < -0.39 is 12.1 Å². The largest absolute Gasteiger partial charge is 0.502 e. The molecule has 1 aromatic carbocycles. The fourth-order valence-electron chi connectivity index (χ4n) is 1.50. The first kappa shape index (κ1) is 15.4. The van der Waals surface area contributed by atoms with Crippen molar-refractivity contribution in [3.8, 4) is 5.75 Å². The minimum atomic E-state index is -3.96. The average molecular weight is 272 g/mol. The Bertz CT molecular complexity index is 415. The SMILES string of the molecule is CCOC(=O)C(F)(F)Oc1ccc(C(C)CC)cc1. The van der Waals surface area contributed by atoms with Crippen molar-refractivity contribution >= 4 is 5.97 Å². The third-order valence-electron chi connectivity index (χ3n) is 2.82. The lowest BCUT2D eigenvalue weighted by atomic mass is 9.99. The number of esters is 1. The Labute approximate surface area is 111 Å². The maximum Gasteiger partial charge on any atom is 0.502 e. The van der Waals surface area contributed by atoms with Crippen LogP contribution in [0.3, 0.4) is 0 Å². The summed E-state index contributed by atoms with van der Waals surface area (Å²) in [5.41, 5.74) is 1.04. The Kier molecular flexibility index (Phi) is 5.27. The van der Waals surface area contributed by atoms with E-state index in [2.05, 4.69) is 9.47 Å². The molecular weight excluding hydrogens is 254 g/mol. The number of hydrogen-bond donors (Lipinski definition) is 0. The van der Waals surface area contributed by atoms with E-state index in [0.717, 1.165) is 12.0 Å². The molecule has 0 fully saturated rings. The second-order valence-electron chi connectivity index (χ2n) is 4.22. The van der Waals surface area contributed by atoms with Crippen molar-refractivity contribution in [2.45, 2.75) is 39.2 Å². The van der Waals surface area contributed by atoms with Crippen LogP contribution in [0.25, 0.3) is 0 Å². The van der Waals surface area contributed by atoms with E-state index in [1.807, 2.05) is 13.8 Å². The van der Waals surface area contributed by atoms with Gasteiger partial charge in [-0.25, -0.2) is 4.79 Å². The molecule has 0 saturated carbocycles. The fourth-order valence-corrected chi connectivity index (χ4v) is 1.50. The number of carbonyl (C=O) groups is 1. The minimum Gasteiger partial charge on any atom is -0.459 e. The molecule has 0 N–H and O–H groups in total. The van der Waals surface area contributed by atoms with Gasteiger partial charge in [0, 0.05) is 0 Å². The third-order valence-corrected chi connectivity index (χ3v) is 2.82. The molecule has 0 bridgehead atoms. The van der Waals surface area contributed by atoms with Crippen molar-refractivity contribution in [3.63, 3.8) is 0 Å². The van der Waals surface area contributed by atoms with Gasteiger partial charge in [0.1, 0.15) is 5.75 Å². The maximum atomic E-state index is 13.3. The Balaban J connectivity index is 2.74. The van der Waals surface area contributed by atoms with Crippen LogP contribution in [0.5, 0.6) is 5.75 Å². The molecule has 0 aliphatic carbocycles. The zero-order chi connectivity index (χ0) is 14.5. The smallest absolute Gasteiger partial charge is 0.459 e. The van der Waals surface area contributed by atoms with E-state index in [1.165, 1.54) is 19.1 Å². The summed E-state index contributed by atoms with van der Waals surface area (Å²) < 4.78 is 35.3. The molecular formula is C14H18F2O3. The predicted molar refractivity (Wildman–Crippen MR) is 67.4 cm³/mol. The predicted octanol–water partition coefficient (Wildman–Crippen LogP) is 3.73. The van der Waals surface area contributed by atoms with E-state index in [9.17, 15) is 13.6 Å². The van der Waals surface area contributed by atoms with Crippen LogP contribution < -0.4 is 4.74 Å². The Morgan fingerprint density at radius 1 is 1.26 bits per heavy atom. The van der Waals surface area contributed by atoms with E-state index in [4.69, 9.17) is 0 Å². The van der Waals surface area contributed by atoms with Gasteiger partial charge in [0.05, 0.1) is 6.61 Å². The number of carbonyl (C=O) groups excluding carboxylic acids is 1. The highest BCUT2D eigenvalue weighted by Crippen LogP contribution is 2.26. The topological polar surface area (TPSA) is 35.5 Å². The molecule has 19 heavy (non-hydrogen) atoms. The lowest BCUT2D eigenvalue weighted by Crippen LogP contribution is -2.36. The van der Waals surface area contributed by atoms with Gasteiger partial charge < -0.3 is 9.47 Å². The second kappa shape index (κ2) is 6.50. The monoisotopic (exact) mass is 272 g/mol. The number of benzene rings is 1. The van der Waals surface area contributed by atoms with Crippen LogP contribution in [0.15, 0.2) is 24.3 Å². The van der Waals surface area contributed by atoms with Crippen LogP contribution in [0.1, 0.15) is 38.7 Å². The van der Waals surface area contributed by atoms with Gasteiger partial charge in [0.25, 0.3) is 0 Å². The normalized spacial score (nSPS) is 12.9. The van der Waals surface area contributed by atoms with Crippen LogP contribution in [-0.2, 0) is 9.53 Å². The summed E-state index contributed by atoms with van der Waals surface area (Å²) >= 11 is 0. The molecule has 1 aromatic rings. The highest BCUT2D eigenvalue weighted by Gasteiger charge is 2.44. The first-order valence-corrected chi connectivity index (χ1v) is 6.24. The highest BCUT2D eigenvalue weighted by atomic mass is 19.3. The van der Waals surface area contributed by atoms with E-state index in [1.54, 1.807) is 12.1 Å². The summed E-state index contributed by atoms with van der Waals surface area (Å²) in [7, 11) is 0. The Hall–Kier alpha value is -1.65. The second-order valence-corrected chi connectivity index (χ2v) is 4.22. The zero-order valence-corrected chi connectivity index (χ0v) is 11.3. The molecule has 1 unspecified atom stereocenters. The van der Waals surface area contributed by atoms with Gasteiger partial charge >= 0.3 is 12.1 Å². The molecule has 0 aromatic heterocycles. The molecule has 0 spiro atoms. The molecule has 1 atom stereocenters. The van der Waals surface area contributed by atoms with E-state index in [-0.39, 0.29) is 12.4 Å². The molecule has 106 valence electrons.